The monoisotopic (exact) mass is 357 g/mol. The first-order valence-electron chi connectivity index (χ1n) is 8.12. The van der Waals surface area contributed by atoms with Crippen LogP contribution in [0.2, 0.25) is 0 Å². The molecule has 0 aliphatic rings. The molecule has 2 rings (SSSR count). The molecule has 1 N–H and O–H groups in total. The average molecular weight is 357 g/mol. The van der Waals surface area contributed by atoms with E-state index in [1.165, 1.54) is 18.7 Å². The second kappa shape index (κ2) is 9.30. The smallest absolute Gasteiger partial charge is 0.269 e. The van der Waals surface area contributed by atoms with Gasteiger partial charge in [-0.05, 0) is 48.1 Å². The standard InChI is InChI=1S/C20H23NO3S/c1-21(23)20(22)14-13-18-12-11-17(15-19(18)25(2)24)10-6-9-16-7-4-3-5-8-16/h3-5,7-8,11-15,23H,6,9-10H2,1-2H3. The maximum atomic E-state index is 12.0. The Morgan fingerprint density at radius 1 is 1.12 bits per heavy atom. The lowest BCUT2D eigenvalue weighted by Gasteiger charge is -2.08. The van der Waals surface area contributed by atoms with Crippen LogP contribution in [-0.2, 0) is 28.4 Å². The van der Waals surface area contributed by atoms with Crippen LogP contribution in [0.3, 0.4) is 0 Å². The molecule has 1 atom stereocenters. The number of rotatable bonds is 7. The van der Waals surface area contributed by atoms with Crippen LogP contribution < -0.4 is 0 Å². The zero-order valence-corrected chi connectivity index (χ0v) is 15.3. The molecule has 0 aliphatic heterocycles. The summed E-state index contributed by atoms with van der Waals surface area (Å²) in [4.78, 5) is 12.1. The fourth-order valence-corrected chi connectivity index (χ4v) is 3.32. The summed E-state index contributed by atoms with van der Waals surface area (Å²) in [5, 5.41) is 9.60. The summed E-state index contributed by atoms with van der Waals surface area (Å²) >= 11 is 0. The molecule has 25 heavy (non-hydrogen) atoms. The average Bonchev–Trinajstić information content (AvgIpc) is 2.60. The highest BCUT2D eigenvalue weighted by Gasteiger charge is 2.07. The van der Waals surface area contributed by atoms with Crippen LogP contribution in [0.15, 0.2) is 59.5 Å². The fraction of sp³-hybridized carbons (Fsp3) is 0.250. The quantitative estimate of drug-likeness (QED) is 0.469. The number of nitrogens with zero attached hydrogens (tertiary/aromatic N) is 1. The van der Waals surface area contributed by atoms with Gasteiger partial charge in [-0.15, -0.1) is 0 Å². The maximum absolute atomic E-state index is 12.0. The van der Waals surface area contributed by atoms with E-state index in [1.807, 2.05) is 36.4 Å². The highest BCUT2D eigenvalue weighted by molar-refractivity contribution is 7.84. The number of likely N-dealkylation sites (N-methyl/N-ethyl adjacent to an activating group) is 1. The normalized spacial score (nSPS) is 12.3. The zero-order valence-electron chi connectivity index (χ0n) is 14.5. The molecule has 5 heteroatoms. The molecular formula is C20H23NO3S. The molecule has 0 saturated heterocycles. The van der Waals surface area contributed by atoms with E-state index >= 15 is 0 Å². The van der Waals surface area contributed by atoms with Crippen molar-refractivity contribution in [2.75, 3.05) is 13.3 Å². The summed E-state index contributed by atoms with van der Waals surface area (Å²) in [5.74, 6) is -0.528. The molecule has 0 bridgehead atoms. The van der Waals surface area contributed by atoms with Gasteiger partial charge >= 0.3 is 0 Å². The van der Waals surface area contributed by atoms with Crippen molar-refractivity contribution in [1.82, 2.24) is 5.06 Å². The maximum Gasteiger partial charge on any atom is 0.269 e. The fourth-order valence-electron chi connectivity index (χ4n) is 2.53. The first kappa shape index (κ1) is 19.1. The molecule has 0 saturated carbocycles. The predicted octanol–water partition coefficient (Wildman–Crippen LogP) is 3.46. The van der Waals surface area contributed by atoms with Gasteiger partial charge in [0.05, 0.1) is 10.8 Å². The van der Waals surface area contributed by atoms with Gasteiger partial charge < -0.3 is 0 Å². The minimum atomic E-state index is -1.16. The Hall–Kier alpha value is -2.24. The summed E-state index contributed by atoms with van der Waals surface area (Å²) in [5.41, 5.74) is 3.17. The number of hydrogen-bond donors (Lipinski definition) is 1. The molecule has 2 aromatic rings. The molecule has 1 unspecified atom stereocenters. The topological polar surface area (TPSA) is 57.6 Å². The van der Waals surface area contributed by atoms with Crippen LogP contribution in [0.4, 0.5) is 0 Å². The zero-order chi connectivity index (χ0) is 18.2. The van der Waals surface area contributed by atoms with E-state index in [0.29, 0.717) is 9.96 Å². The Kier molecular flexibility index (Phi) is 7.10. The second-order valence-corrected chi connectivity index (χ2v) is 7.21. The van der Waals surface area contributed by atoms with E-state index in [1.54, 1.807) is 12.3 Å². The minimum Gasteiger partial charge on any atom is -0.286 e. The van der Waals surface area contributed by atoms with Crippen molar-refractivity contribution in [3.8, 4) is 0 Å². The summed E-state index contributed by atoms with van der Waals surface area (Å²) < 4.78 is 12.0. The lowest BCUT2D eigenvalue weighted by atomic mass is 10.0. The minimum absolute atomic E-state index is 0.511. The molecular weight excluding hydrogens is 334 g/mol. The molecule has 0 aliphatic carbocycles. The lowest BCUT2D eigenvalue weighted by molar-refractivity contribution is -0.153. The van der Waals surface area contributed by atoms with E-state index in [-0.39, 0.29) is 0 Å². The third-order valence-electron chi connectivity index (χ3n) is 3.89. The molecule has 0 radical (unpaired) electrons. The van der Waals surface area contributed by atoms with Gasteiger partial charge in [-0.3, -0.25) is 14.2 Å². The van der Waals surface area contributed by atoms with Crippen molar-refractivity contribution in [1.29, 1.82) is 0 Å². The van der Waals surface area contributed by atoms with E-state index in [4.69, 9.17) is 5.21 Å². The molecule has 0 spiro atoms. The third kappa shape index (κ3) is 5.96. The van der Waals surface area contributed by atoms with Gasteiger partial charge in [0.25, 0.3) is 5.91 Å². The predicted molar refractivity (Wildman–Crippen MR) is 101 cm³/mol. The van der Waals surface area contributed by atoms with Gasteiger partial charge in [0, 0.05) is 24.3 Å². The molecule has 0 fully saturated rings. The van der Waals surface area contributed by atoms with Gasteiger partial charge in [-0.2, -0.15) is 0 Å². The van der Waals surface area contributed by atoms with Crippen molar-refractivity contribution in [3.05, 3.63) is 71.3 Å². The van der Waals surface area contributed by atoms with Crippen LogP contribution >= 0.6 is 0 Å². The molecule has 1 amide bonds. The molecule has 0 aromatic heterocycles. The van der Waals surface area contributed by atoms with Gasteiger partial charge in [-0.1, -0.05) is 42.5 Å². The Labute approximate surface area is 151 Å². The van der Waals surface area contributed by atoms with Crippen LogP contribution in [0, 0.1) is 0 Å². The SMILES string of the molecule is CN(O)C(=O)C=Cc1ccc(CCCc2ccccc2)cc1S(C)=O. The van der Waals surface area contributed by atoms with Gasteiger partial charge in [-0.25, -0.2) is 5.06 Å². The Morgan fingerprint density at radius 3 is 2.44 bits per heavy atom. The Balaban J connectivity index is 2.07. The van der Waals surface area contributed by atoms with Gasteiger partial charge in [0.1, 0.15) is 0 Å². The summed E-state index contributed by atoms with van der Waals surface area (Å²) in [6.45, 7) is 0. The summed E-state index contributed by atoms with van der Waals surface area (Å²) in [7, 11) is 0.109. The van der Waals surface area contributed by atoms with Crippen molar-refractivity contribution in [2.24, 2.45) is 0 Å². The summed E-state index contributed by atoms with van der Waals surface area (Å²) in [6, 6.07) is 16.1. The number of hydroxylamine groups is 2. The van der Waals surface area contributed by atoms with E-state index in [0.717, 1.165) is 30.4 Å². The third-order valence-corrected chi connectivity index (χ3v) is 4.86. The first-order chi connectivity index (χ1) is 12.0. The molecule has 0 heterocycles. The van der Waals surface area contributed by atoms with Gasteiger partial charge in [0.15, 0.2) is 0 Å². The van der Waals surface area contributed by atoms with Crippen LogP contribution in [0.25, 0.3) is 6.08 Å². The number of aryl methyl sites for hydroxylation is 2. The van der Waals surface area contributed by atoms with E-state index in [2.05, 4.69) is 12.1 Å². The van der Waals surface area contributed by atoms with Crippen LogP contribution in [0.1, 0.15) is 23.1 Å². The number of benzene rings is 2. The number of carbonyl (C=O) groups excluding carboxylic acids is 1. The van der Waals surface area contributed by atoms with Crippen molar-refractivity contribution in [2.45, 2.75) is 24.2 Å². The van der Waals surface area contributed by atoms with Gasteiger partial charge in [0.2, 0.25) is 0 Å². The number of hydrogen-bond acceptors (Lipinski definition) is 3. The molecule has 2 aromatic carbocycles. The molecule has 4 nitrogen and oxygen atoms in total. The summed E-state index contributed by atoms with van der Waals surface area (Å²) in [6.07, 6.45) is 7.40. The second-order valence-electron chi connectivity index (χ2n) is 5.86. The van der Waals surface area contributed by atoms with Crippen molar-refractivity contribution < 1.29 is 14.2 Å². The van der Waals surface area contributed by atoms with Crippen LogP contribution in [0.5, 0.6) is 0 Å². The lowest BCUT2D eigenvalue weighted by Crippen LogP contribution is -2.19. The number of carbonyl (C=O) groups is 1. The first-order valence-corrected chi connectivity index (χ1v) is 9.68. The highest BCUT2D eigenvalue weighted by Crippen LogP contribution is 2.19. The van der Waals surface area contributed by atoms with E-state index in [9.17, 15) is 9.00 Å². The Bertz CT molecular complexity index is 770. The van der Waals surface area contributed by atoms with Crippen molar-refractivity contribution in [3.63, 3.8) is 0 Å². The Morgan fingerprint density at radius 2 is 1.80 bits per heavy atom. The van der Waals surface area contributed by atoms with Crippen molar-refractivity contribution >= 4 is 22.8 Å². The largest absolute Gasteiger partial charge is 0.286 e. The van der Waals surface area contributed by atoms with Crippen LogP contribution in [-0.4, -0.2) is 33.7 Å². The highest BCUT2D eigenvalue weighted by atomic mass is 32.2. The van der Waals surface area contributed by atoms with E-state index < -0.39 is 16.7 Å². The number of amides is 1. The molecule has 132 valence electrons.